The van der Waals surface area contributed by atoms with E-state index in [2.05, 4.69) is 10.5 Å². The molecule has 0 unspecified atom stereocenters. The Hall–Kier alpha value is -2.04. The number of nitrogens with one attached hydrogen (secondary N) is 1. The third-order valence-corrected chi connectivity index (χ3v) is 2.50. The van der Waals surface area contributed by atoms with E-state index in [1.54, 1.807) is 0 Å². The van der Waals surface area contributed by atoms with E-state index < -0.39 is 11.7 Å². The smallest absolute Gasteiger partial charge is 0.433 e. The van der Waals surface area contributed by atoms with Crippen molar-refractivity contribution in [2.24, 2.45) is 5.16 Å². The lowest BCUT2D eigenvalue weighted by Crippen LogP contribution is -2.33. The molecule has 0 fully saturated rings. The van der Waals surface area contributed by atoms with E-state index in [9.17, 15) is 4.79 Å². The maximum atomic E-state index is 11.0. The van der Waals surface area contributed by atoms with Crippen LogP contribution in [0.25, 0.3) is 0 Å². The van der Waals surface area contributed by atoms with Gasteiger partial charge in [-0.15, -0.1) is 0 Å². The predicted molar refractivity (Wildman–Crippen MR) is 63.2 cm³/mol. The molecule has 1 aromatic carbocycles. The zero-order valence-electron chi connectivity index (χ0n) is 9.98. The Morgan fingerprint density at radius 2 is 2.12 bits per heavy atom. The van der Waals surface area contributed by atoms with E-state index in [1.807, 2.05) is 38.1 Å². The van der Waals surface area contributed by atoms with Gasteiger partial charge >= 0.3 is 6.09 Å². The summed E-state index contributed by atoms with van der Waals surface area (Å²) < 4.78 is 5.73. The molecule has 0 bridgehead atoms. The minimum atomic E-state index is -0.599. The number of amides is 1. The van der Waals surface area contributed by atoms with Crippen LogP contribution in [0.4, 0.5) is 4.79 Å². The first-order chi connectivity index (χ1) is 8.04. The molecule has 2 rings (SSSR count). The zero-order valence-corrected chi connectivity index (χ0v) is 9.98. The molecule has 0 aromatic heterocycles. The zero-order chi connectivity index (χ0) is 12.5. The summed E-state index contributed by atoms with van der Waals surface area (Å²) in [6.07, 6.45) is -0.599. The lowest BCUT2D eigenvalue weighted by Gasteiger charge is -2.17. The van der Waals surface area contributed by atoms with Crippen LogP contribution in [0.3, 0.4) is 0 Å². The quantitative estimate of drug-likeness (QED) is 0.596. The second-order valence-electron chi connectivity index (χ2n) is 4.18. The van der Waals surface area contributed by atoms with Crippen LogP contribution < -0.4 is 10.1 Å². The molecule has 0 atom stereocenters. The third-order valence-electron chi connectivity index (χ3n) is 2.50. The van der Waals surface area contributed by atoms with Gasteiger partial charge in [-0.05, 0) is 26.0 Å². The number of hydrogen-bond donors (Lipinski definition) is 1. The van der Waals surface area contributed by atoms with Crippen molar-refractivity contribution in [3.05, 3.63) is 29.8 Å². The summed E-state index contributed by atoms with van der Waals surface area (Å²) in [6.45, 7) is 3.75. The number of carbonyl (C=O) groups is 1. The molecule has 0 radical (unpaired) electrons. The lowest BCUT2D eigenvalue weighted by molar-refractivity contribution is 0.147. The molecule has 5 heteroatoms. The van der Waals surface area contributed by atoms with E-state index in [1.165, 1.54) is 7.05 Å². The van der Waals surface area contributed by atoms with Gasteiger partial charge in [0, 0.05) is 12.6 Å². The molecular weight excluding hydrogens is 220 g/mol. The van der Waals surface area contributed by atoms with Gasteiger partial charge in [0.15, 0.2) is 0 Å². The van der Waals surface area contributed by atoms with Crippen LogP contribution in [-0.4, -0.2) is 24.5 Å². The highest BCUT2D eigenvalue weighted by atomic mass is 16.7. The van der Waals surface area contributed by atoms with Crippen LogP contribution in [0.2, 0.25) is 0 Å². The molecule has 1 heterocycles. The summed E-state index contributed by atoms with van der Waals surface area (Å²) in [6, 6.07) is 7.52. The fourth-order valence-electron chi connectivity index (χ4n) is 1.69. The maximum absolute atomic E-state index is 11.0. The summed E-state index contributed by atoms with van der Waals surface area (Å²) >= 11 is 0. The SMILES string of the molecule is CNC(=O)O/N=C1/c2ccccc2OC1(C)C. The third kappa shape index (κ3) is 2.08. The summed E-state index contributed by atoms with van der Waals surface area (Å²) in [4.78, 5) is 15.7. The highest BCUT2D eigenvalue weighted by Gasteiger charge is 2.38. The number of ether oxygens (including phenoxy) is 1. The highest BCUT2D eigenvalue weighted by Crippen LogP contribution is 2.34. The first-order valence-electron chi connectivity index (χ1n) is 5.30. The van der Waals surface area contributed by atoms with Crippen LogP contribution in [0.5, 0.6) is 5.75 Å². The minimum Gasteiger partial charge on any atom is -0.481 e. The van der Waals surface area contributed by atoms with Crippen molar-refractivity contribution in [3.8, 4) is 5.75 Å². The van der Waals surface area contributed by atoms with Gasteiger partial charge in [0.05, 0.1) is 0 Å². The Labute approximate surface area is 99.4 Å². The molecule has 0 spiro atoms. The van der Waals surface area contributed by atoms with Gasteiger partial charge in [0.25, 0.3) is 0 Å². The van der Waals surface area contributed by atoms with E-state index in [0.717, 1.165) is 11.3 Å². The number of hydrogen-bond acceptors (Lipinski definition) is 4. The van der Waals surface area contributed by atoms with Crippen molar-refractivity contribution in [2.45, 2.75) is 19.4 Å². The van der Waals surface area contributed by atoms with Gasteiger partial charge in [-0.25, -0.2) is 4.79 Å². The number of fused-ring (bicyclic) bond motifs is 1. The van der Waals surface area contributed by atoms with Crippen molar-refractivity contribution in [1.29, 1.82) is 0 Å². The molecule has 0 aliphatic carbocycles. The van der Waals surface area contributed by atoms with E-state index in [0.29, 0.717) is 5.71 Å². The largest absolute Gasteiger partial charge is 0.481 e. The summed E-state index contributed by atoms with van der Waals surface area (Å²) in [5.41, 5.74) is 0.857. The van der Waals surface area contributed by atoms with Crippen LogP contribution in [0, 0.1) is 0 Å². The molecule has 5 nitrogen and oxygen atoms in total. The molecular formula is C12H14N2O3. The summed E-state index contributed by atoms with van der Waals surface area (Å²) in [5, 5.41) is 6.20. The number of carbonyl (C=O) groups excluding carboxylic acids is 1. The molecule has 1 aliphatic heterocycles. The monoisotopic (exact) mass is 234 g/mol. The Kier molecular flexibility index (Phi) is 2.75. The van der Waals surface area contributed by atoms with Gasteiger partial charge in [0.1, 0.15) is 17.1 Å². The van der Waals surface area contributed by atoms with E-state index >= 15 is 0 Å². The average molecular weight is 234 g/mol. The number of benzene rings is 1. The molecule has 1 N–H and O–H groups in total. The molecule has 1 amide bonds. The normalized spacial score (nSPS) is 18.4. The molecule has 1 aliphatic rings. The standard InChI is InChI=1S/C12H14N2O3/c1-12(2)10(14-17-11(15)13-3)8-6-4-5-7-9(8)16-12/h4-7H,1-3H3,(H,13,15)/b14-10-. The fraction of sp³-hybridized carbons (Fsp3) is 0.333. The molecule has 17 heavy (non-hydrogen) atoms. The van der Waals surface area contributed by atoms with Crippen LogP contribution >= 0.6 is 0 Å². The van der Waals surface area contributed by atoms with E-state index in [4.69, 9.17) is 9.57 Å². The Balaban J connectivity index is 2.34. The fourth-order valence-corrected chi connectivity index (χ4v) is 1.69. The first kappa shape index (κ1) is 11.4. The van der Waals surface area contributed by atoms with Crippen molar-refractivity contribution in [3.63, 3.8) is 0 Å². The maximum Gasteiger partial charge on any atom is 0.433 e. The topological polar surface area (TPSA) is 59.9 Å². The molecule has 0 saturated heterocycles. The number of oxime groups is 1. The second kappa shape index (κ2) is 4.08. The van der Waals surface area contributed by atoms with Gasteiger partial charge in [-0.1, -0.05) is 17.3 Å². The predicted octanol–water partition coefficient (Wildman–Crippen LogP) is 1.92. The van der Waals surface area contributed by atoms with Gasteiger partial charge in [0.2, 0.25) is 0 Å². The first-order valence-corrected chi connectivity index (χ1v) is 5.30. The summed E-state index contributed by atoms with van der Waals surface area (Å²) in [5.74, 6) is 0.747. The average Bonchev–Trinajstić information content (AvgIpc) is 2.56. The molecule has 0 saturated carbocycles. The number of nitrogens with zero attached hydrogens (tertiary/aromatic N) is 1. The van der Waals surface area contributed by atoms with Crippen molar-refractivity contribution in [2.75, 3.05) is 7.05 Å². The second-order valence-corrected chi connectivity index (χ2v) is 4.18. The number of para-hydroxylation sites is 1. The Morgan fingerprint density at radius 3 is 2.82 bits per heavy atom. The molecule has 1 aromatic rings. The van der Waals surface area contributed by atoms with Gasteiger partial charge < -0.3 is 10.1 Å². The van der Waals surface area contributed by atoms with Gasteiger partial charge in [-0.3, -0.25) is 4.84 Å². The summed E-state index contributed by atoms with van der Waals surface area (Å²) in [7, 11) is 1.48. The van der Waals surface area contributed by atoms with Crippen LogP contribution in [0.15, 0.2) is 29.4 Å². The van der Waals surface area contributed by atoms with E-state index in [-0.39, 0.29) is 0 Å². The minimum absolute atomic E-state index is 0.599. The van der Waals surface area contributed by atoms with Crippen molar-refractivity contribution in [1.82, 2.24) is 5.32 Å². The molecule has 90 valence electrons. The van der Waals surface area contributed by atoms with Crippen LogP contribution in [0.1, 0.15) is 19.4 Å². The van der Waals surface area contributed by atoms with Crippen molar-refractivity contribution >= 4 is 11.8 Å². The highest BCUT2D eigenvalue weighted by molar-refractivity contribution is 6.10. The van der Waals surface area contributed by atoms with Crippen molar-refractivity contribution < 1.29 is 14.4 Å². The lowest BCUT2D eigenvalue weighted by atomic mass is 9.99. The van der Waals surface area contributed by atoms with Gasteiger partial charge in [-0.2, -0.15) is 0 Å². The number of rotatable bonds is 1. The Morgan fingerprint density at radius 1 is 1.41 bits per heavy atom. The van der Waals surface area contributed by atoms with Crippen LogP contribution in [-0.2, 0) is 4.84 Å². The Bertz CT molecular complexity index is 480.